The molecule has 1 aliphatic carbocycles. The highest BCUT2D eigenvalue weighted by molar-refractivity contribution is 5.37. The molecule has 0 amide bonds. The van der Waals surface area contributed by atoms with Crippen LogP contribution in [0.2, 0.25) is 0 Å². The fourth-order valence-corrected chi connectivity index (χ4v) is 2.24. The Morgan fingerprint density at radius 1 is 1.38 bits per heavy atom. The molecule has 0 aromatic carbocycles. The molecule has 0 atom stereocenters. The third kappa shape index (κ3) is 4.12. The van der Waals surface area contributed by atoms with Crippen molar-refractivity contribution in [1.29, 1.82) is 0 Å². The van der Waals surface area contributed by atoms with Gasteiger partial charge in [0, 0.05) is 32.0 Å². The molecule has 1 fully saturated rings. The van der Waals surface area contributed by atoms with E-state index in [2.05, 4.69) is 10.3 Å². The van der Waals surface area contributed by atoms with Crippen molar-refractivity contribution in [3.63, 3.8) is 0 Å². The average Bonchev–Trinajstić information content (AvgIpc) is 3.30. The summed E-state index contributed by atoms with van der Waals surface area (Å²) in [6.07, 6.45) is 5.39. The van der Waals surface area contributed by atoms with E-state index in [-0.39, 0.29) is 5.56 Å². The van der Waals surface area contributed by atoms with Crippen LogP contribution in [0.4, 0.5) is 0 Å². The second-order valence-corrected chi connectivity index (χ2v) is 5.56. The zero-order valence-electron chi connectivity index (χ0n) is 12.1. The zero-order valence-corrected chi connectivity index (χ0v) is 12.1. The Hall–Kier alpha value is -1.72. The molecule has 1 N–H and O–H groups in total. The molecular formula is C16H21N3O2. The predicted octanol–water partition coefficient (Wildman–Crippen LogP) is 1.60. The van der Waals surface area contributed by atoms with Crippen molar-refractivity contribution in [3.05, 3.63) is 46.5 Å². The van der Waals surface area contributed by atoms with Gasteiger partial charge < -0.3 is 10.1 Å². The first-order valence-electron chi connectivity index (χ1n) is 7.59. The number of nitrogens with one attached hydrogen (secondary N) is 1. The van der Waals surface area contributed by atoms with E-state index in [1.165, 1.54) is 12.8 Å². The van der Waals surface area contributed by atoms with E-state index < -0.39 is 0 Å². The molecule has 0 radical (unpaired) electrons. The highest BCUT2D eigenvalue weighted by Crippen LogP contribution is 2.28. The maximum Gasteiger partial charge on any atom is 0.258 e. The summed E-state index contributed by atoms with van der Waals surface area (Å²) in [5.41, 5.74) is 1.44. The van der Waals surface area contributed by atoms with Crippen LogP contribution >= 0.6 is 0 Å². The van der Waals surface area contributed by atoms with Crippen LogP contribution in [-0.4, -0.2) is 29.1 Å². The van der Waals surface area contributed by atoms with Crippen molar-refractivity contribution >= 4 is 5.65 Å². The summed E-state index contributed by atoms with van der Waals surface area (Å²) in [5.74, 6) is 0.827. The maximum absolute atomic E-state index is 11.9. The number of aromatic nitrogens is 2. The fourth-order valence-electron chi connectivity index (χ4n) is 2.24. The number of ether oxygens (including phenoxy) is 1. The lowest BCUT2D eigenvalue weighted by atomic mass is 10.3. The van der Waals surface area contributed by atoms with Crippen LogP contribution < -0.4 is 10.9 Å². The molecule has 112 valence electrons. The first kappa shape index (κ1) is 14.2. The van der Waals surface area contributed by atoms with Crippen LogP contribution in [0, 0.1) is 5.92 Å². The van der Waals surface area contributed by atoms with Crippen LogP contribution in [0.3, 0.4) is 0 Å². The van der Waals surface area contributed by atoms with Crippen LogP contribution in [0.15, 0.2) is 35.3 Å². The first-order valence-corrected chi connectivity index (χ1v) is 7.59. The van der Waals surface area contributed by atoms with Crippen LogP contribution in [0.1, 0.15) is 25.0 Å². The lowest BCUT2D eigenvalue weighted by Gasteiger charge is -2.06. The smallest absolute Gasteiger partial charge is 0.258 e. The van der Waals surface area contributed by atoms with Crippen LogP contribution in [-0.2, 0) is 11.3 Å². The summed E-state index contributed by atoms with van der Waals surface area (Å²) in [5, 5.41) is 3.31. The van der Waals surface area contributed by atoms with Crippen molar-refractivity contribution < 1.29 is 4.74 Å². The molecule has 0 bridgehead atoms. The van der Waals surface area contributed by atoms with Crippen molar-refractivity contribution in [2.45, 2.75) is 25.8 Å². The monoisotopic (exact) mass is 287 g/mol. The second kappa shape index (κ2) is 6.83. The summed E-state index contributed by atoms with van der Waals surface area (Å²) < 4.78 is 7.13. The number of pyridine rings is 1. The fraction of sp³-hybridized carbons (Fsp3) is 0.500. The van der Waals surface area contributed by atoms with Crippen molar-refractivity contribution in [3.8, 4) is 0 Å². The number of fused-ring (bicyclic) bond motifs is 1. The van der Waals surface area contributed by atoms with E-state index in [1.807, 2.05) is 18.2 Å². The molecule has 21 heavy (non-hydrogen) atoms. The molecule has 0 unspecified atom stereocenters. The summed E-state index contributed by atoms with van der Waals surface area (Å²) in [4.78, 5) is 16.4. The van der Waals surface area contributed by atoms with Gasteiger partial charge in [-0.1, -0.05) is 6.07 Å². The van der Waals surface area contributed by atoms with Crippen molar-refractivity contribution in [2.24, 2.45) is 5.92 Å². The van der Waals surface area contributed by atoms with Gasteiger partial charge in [0.25, 0.3) is 5.56 Å². The normalized spacial score (nSPS) is 14.7. The lowest BCUT2D eigenvalue weighted by Crippen LogP contribution is -2.21. The molecule has 0 saturated heterocycles. The van der Waals surface area contributed by atoms with Gasteiger partial charge in [-0.2, -0.15) is 0 Å². The molecule has 1 saturated carbocycles. The minimum atomic E-state index is -0.0369. The van der Waals surface area contributed by atoms with Gasteiger partial charge in [-0.05, 0) is 43.9 Å². The number of rotatable bonds is 8. The Kier molecular flexibility index (Phi) is 4.62. The third-order valence-electron chi connectivity index (χ3n) is 3.62. The maximum atomic E-state index is 11.9. The Labute approximate surface area is 124 Å². The Balaban J connectivity index is 1.43. The van der Waals surface area contributed by atoms with Gasteiger partial charge >= 0.3 is 0 Å². The van der Waals surface area contributed by atoms with E-state index in [4.69, 9.17) is 4.74 Å². The molecule has 0 aliphatic heterocycles. The Morgan fingerprint density at radius 2 is 2.29 bits per heavy atom. The third-order valence-corrected chi connectivity index (χ3v) is 3.62. The van der Waals surface area contributed by atoms with E-state index in [0.29, 0.717) is 12.2 Å². The minimum absolute atomic E-state index is 0.0369. The number of nitrogens with zero attached hydrogens (tertiary/aromatic N) is 2. The summed E-state index contributed by atoms with van der Waals surface area (Å²) in [7, 11) is 0. The van der Waals surface area contributed by atoms with E-state index in [1.54, 1.807) is 16.7 Å². The minimum Gasteiger partial charge on any atom is -0.381 e. The number of hydrogen-bond acceptors (Lipinski definition) is 4. The molecular weight excluding hydrogens is 266 g/mol. The molecule has 1 aliphatic rings. The second-order valence-electron chi connectivity index (χ2n) is 5.56. The van der Waals surface area contributed by atoms with Gasteiger partial charge in [0.15, 0.2) is 0 Å². The summed E-state index contributed by atoms with van der Waals surface area (Å²) in [6, 6.07) is 7.14. The van der Waals surface area contributed by atoms with Gasteiger partial charge in [0.1, 0.15) is 5.65 Å². The molecule has 2 aromatic heterocycles. The van der Waals surface area contributed by atoms with Crippen LogP contribution in [0.25, 0.3) is 5.65 Å². The van der Waals surface area contributed by atoms with E-state index in [9.17, 15) is 4.79 Å². The largest absolute Gasteiger partial charge is 0.381 e. The van der Waals surface area contributed by atoms with E-state index in [0.717, 1.165) is 37.8 Å². The van der Waals surface area contributed by atoms with Gasteiger partial charge in [0.2, 0.25) is 0 Å². The SMILES string of the molecule is O=c1cc(CNCCCOCC2CC2)nc2ccccn12. The van der Waals surface area contributed by atoms with Crippen molar-refractivity contribution in [2.75, 3.05) is 19.8 Å². The van der Waals surface area contributed by atoms with Crippen molar-refractivity contribution in [1.82, 2.24) is 14.7 Å². The summed E-state index contributed by atoms with van der Waals surface area (Å²) >= 11 is 0. The topological polar surface area (TPSA) is 55.6 Å². The Morgan fingerprint density at radius 3 is 3.14 bits per heavy atom. The van der Waals surface area contributed by atoms with Crippen LogP contribution in [0.5, 0.6) is 0 Å². The molecule has 5 heteroatoms. The van der Waals surface area contributed by atoms with Gasteiger partial charge in [-0.15, -0.1) is 0 Å². The highest BCUT2D eigenvalue weighted by atomic mass is 16.5. The number of hydrogen-bond donors (Lipinski definition) is 1. The standard InChI is InChI=1S/C16H21N3O2/c20-16-10-14(18-15-4-1-2-8-19(15)16)11-17-7-3-9-21-12-13-5-6-13/h1-2,4,8,10,13,17H,3,5-7,9,11-12H2. The average molecular weight is 287 g/mol. The molecule has 5 nitrogen and oxygen atoms in total. The van der Waals surface area contributed by atoms with Gasteiger partial charge in [-0.3, -0.25) is 9.20 Å². The molecule has 2 heterocycles. The summed E-state index contributed by atoms with van der Waals surface area (Å²) in [6.45, 7) is 3.21. The lowest BCUT2D eigenvalue weighted by molar-refractivity contribution is 0.122. The first-order chi connectivity index (χ1) is 10.3. The van der Waals surface area contributed by atoms with Gasteiger partial charge in [-0.25, -0.2) is 4.98 Å². The quantitative estimate of drug-likeness (QED) is 0.749. The zero-order chi connectivity index (χ0) is 14.5. The highest BCUT2D eigenvalue weighted by Gasteiger charge is 2.20. The van der Waals surface area contributed by atoms with Gasteiger partial charge in [0.05, 0.1) is 5.69 Å². The predicted molar refractivity (Wildman–Crippen MR) is 81.3 cm³/mol. The van der Waals surface area contributed by atoms with E-state index >= 15 is 0 Å². The molecule has 2 aromatic rings. The Bertz CT molecular complexity index is 649. The molecule has 0 spiro atoms. The molecule has 3 rings (SSSR count).